The molecule has 1 aromatic rings. The predicted octanol–water partition coefficient (Wildman–Crippen LogP) is 1.31. The summed E-state index contributed by atoms with van der Waals surface area (Å²) in [7, 11) is -1.78. The first-order valence-electron chi connectivity index (χ1n) is 5.09. The van der Waals surface area contributed by atoms with Crippen molar-refractivity contribution in [2.45, 2.75) is 13.0 Å². The lowest BCUT2D eigenvalue weighted by Gasteiger charge is -2.14. The molecular weight excluding hydrogens is 226 g/mol. The summed E-state index contributed by atoms with van der Waals surface area (Å²) in [5, 5.41) is 0. The van der Waals surface area contributed by atoms with Crippen LogP contribution < -0.4 is 4.72 Å². The second-order valence-corrected chi connectivity index (χ2v) is 5.44. The van der Waals surface area contributed by atoms with Crippen LogP contribution in [0.25, 0.3) is 0 Å². The zero-order valence-electron chi connectivity index (χ0n) is 9.51. The molecule has 1 atom stereocenters. The first-order chi connectivity index (χ1) is 7.55. The molecule has 90 valence electrons. The zero-order valence-corrected chi connectivity index (χ0v) is 10.3. The number of benzene rings is 1. The van der Waals surface area contributed by atoms with E-state index in [1.54, 1.807) is 0 Å². The molecular formula is C11H17NO3S. The maximum Gasteiger partial charge on any atom is 0.214 e. The molecule has 0 heterocycles. The molecule has 0 bridgehead atoms. The highest BCUT2D eigenvalue weighted by Crippen LogP contribution is 2.12. The Balaban J connectivity index is 2.61. The van der Waals surface area contributed by atoms with Crippen LogP contribution >= 0.6 is 0 Å². The third-order valence-electron chi connectivity index (χ3n) is 2.21. The van der Waals surface area contributed by atoms with Gasteiger partial charge in [-0.3, -0.25) is 0 Å². The van der Waals surface area contributed by atoms with Gasteiger partial charge in [0.15, 0.2) is 0 Å². The molecule has 0 aliphatic carbocycles. The molecule has 0 fully saturated rings. The SMILES string of the molecule is COCCS(=O)(=O)N[C@@H](C)c1ccccc1. The van der Waals surface area contributed by atoms with Gasteiger partial charge in [0.2, 0.25) is 10.0 Å². The lowest BCUT2D eigenvalue weighted by molar-refractivity contribution is 0.216. The summed E-state index contributed by atoms with van der Waals surface area (Å²) in [5.41, 5.74) is 0.948. The van der Waals surface area contributed by atoms with Crippen LogP contribution in [0.15, 0.2) is 30.3 Å². The fourth-order valence-corrected chi connectivity index (χ4v) is 2.51. The number of ether oxygens (including phenoxy) is 1. The highest BCUT2D eigenvalue weighted by Gasteiger charge is 2.14. The van der Waals surface area contributed by atoms with Gasteiger partial charge in [0.1, 0.15) is 0 Å². The molecule has 0 unspecified atom stereocenters. The normalized spacial score (nSPS) is 13.6. The van der Waals surface area contributed by atoms with Crippen LogP contribution in [0.5, 0.6) is 0 Å². The fraction of sp³-hybridized carbons (Fsp3) is 0.455. The van der Waals surface area contributed by atoms with E-state index in [-0.39, 0.29) is 18.4 Å². The third-order valence-corrected chi connectivity index (χ3v) is 3.63. The number of hydrogen-bond acceptors (Lipinski definition) is 3. The Labute approximate surface area is 96.7 Å². The van der Waals surface area contributed by atoms with Crippen LogP contribution in [0.2, 0.25) is 0 Å². The van der Waals surface area contributed by atoms with Crippen LogP contribution in [0, 0.1) is 0 Å². The van der Waals surface area contributed by atoms with Gasteiger partial charge in [-0.05, 0) is 12.5 Å². The smallest absolute Gasteiger partial charge is 0.214 e. The van der Waals surface area contributed by atoms with E-state index in [2.05, 4.69) is 4.72 Å². The van der Waals surface area contributed by atoms with Crippen LogP contribution in [0.1, 0.15) is 18.5 Å². The molecule has 0 amide bonds. The summed E-state index contributed by atoms with van der Waals surface area (Å²) in [6.07, 6.45) is 0. The zero-order chi connectivity index (χ0) is 12.0. The molecule has 0 radical (unpaired) electrons. The quantitative estimate of drug-likeness (QED) is 0.819. The minimum Gasteiger partial charge on any atom is -0.384 e. The highest BCUT2D eigenvalue weighted by molar-refractivity contribution is 7.89. The Bertz CT molecular complexity index is 402. The van der Waals surface area contributed by atoms with E-state index < -0.39 is 10.0 Å². The molecule has 1 N–H and O–H groups in total. The van der Waals surface area contributed by atoms with Crippen molar-refractivity contribution in [2.24, 2.45) is 0 Å². The van der Waals surface area contributed by atoms with Gasteiger partial charge in [-0.1, -0.05) is 30.3 Å². The monoisotopic (exact) mass is 243 g/mol. The molecule has 4 nitrogen and oxygen atoms in total. The number of nitrogens with one attached hydrogen (secondary N) is 1. The van der Waals surface area contributed by atoms with Gasteiger partial charge in [0.05, 0.1) is 12.4 Å². The van der Waals surface area contributed by atoms with Gasteiger partial charge in [0.25, 0.3) is 0 Å². The van der Waals surface area contributed by atoms with Crippen molar-refractivity contribution in [3.05, 3.63) is 35.9 Å². The van der Waals surface area contributed by atoms with E-state index in [1.165, 1.54) is 7.11 Å². The Morgan fingerprint density at radius 3 is 2.50 bits per heavy atom. The van der Waals surface area contributed by atoms with E-state index in [0.29, 0.717) is 0 Å². The average Bonchev–Trinajstić information content (AvgIpc) is 2.27. The Kier molecular flexibility index (Phi) is 4.92. The Morgan fingerprint density at radius 1 is 1.31 bits per heavy atom. The number of sulfonamides is 1. The summed E-state index contributed by atoms with van der Waals surface area (Å²) in [4.78, 5) is 0. The van der Waals surface area contributed by atoms with Crippen molar-refractivity contribution in [2.75, 3.05) is 19.5 Å². The number of methoxy groups -OCH3 is 1. The number of hydrogen-bond donors (Lipinski definition) is 1. The minimum atomic E-state index is -3.27. The molecule has 5 heteroatoms. The van der Waals surface area contributed by atoms with Crippen molar-refractivity contribution < 1.29 is 13.2 Å². The van der Waals surface area contributed by atoms with Crippen LogP contribution in [-0.2, 0) is 14.8 Å². The molecule has 1 aromatic carbocycles. The maximum absolute atomic E-state index is 11.6. The second kappa shape index (κ2) is 5.98. The topological polar surface area (TPSA) is 55.4 Å². The second-order valence-electron chi connectivity index (χ2n) is 3.56. The Hall–Kier alpha value is -0.910. The largest absolute Gasteiger partial charge is 0.384 e. The van der Waals surface area contributed by atoms with Gasteiger partial charge in [-0.25, -0.2) is 13.1 Å². The van der Waals surface area contributed by atoms with Gasteiger partial charge >= 0.3 is 0 Å². The van der Waals surface area contributed by atoms with Gasteiger partial charge in [-0.15, -0.1) is 0 Å². The van der Waals surface area contributed by atoms with Gasteiger partial charge < -0.3 is 4.74 Å². The molecule has 0 aliphatic heterocycles. The number of rotatable bonds is 6. The van der Waals surface area contributed by atoms with E-state index in [9.17, 15) is 8.42 Å². The van der Waals surface area contributed by atoms with Crippen LogP contribution in [-0.4, -0.2) is 27.9 Å². The maximum atomic E-state index is 11.6. The molecule has 0 spiro atoms. The van der Waals surface area contributed by atoms with E-state index >= 15 is 0 Å². The van der Waals surface area contributed by atoms with Gasteiger partial charge in [-0.2, -0.15) is 0 Å². The van der Waals surface area contributed by atoms with Crippen molar-refractivity contribution in [3.63, 3.8) is 0 Å². The van der Waals surface area contributed by atoms with Crippen molar-refractivity contribution in [1.82, 2.24) is 4.72 Å². The first kappa shape index (κ1) is 13.2. The lowest BCUT2D eigenvalue weighted by Crippen LogP contribution is -2.30. The molecule has 0 saturated heterocycles. The molecule has 0 aliphatic rings. The van der Waals surface area contributed by atoms with Crippen molar-refractivity contribution >= 4 is 10.0 Å². The lowest BCUT2D eigenvalue weighted by atomic mass is 10.1. The summed E-state index contributed by atoms with van der Waals surface area (Å²) in [6, 6.07) is 9.23. The standard InChI is InChI=1S/C11H17NO3S/c1-10(11-6-4-3-5-7-11)12-16(13,14)9-8-15-2/h3-7,10,12H,8-9H2,1-2H3/t10-/m0/s1. The average molecular weight is 243 g/mol. The Morgan fingerprint density at radius 2 is 1.94 bits per heavy atom. The third kappa shape index (κ3) is 4.30. The van der Waals surface area contributed by atoms with Crippen LogP contribution in [0.3, 0.4) is 0 Å². The summed E-state index contributed by atoms with van der Waals surface area (Å²) < 4.78 is 30.5. The molecule has 0 saturated carbocycles. The highest BCUT2D eigenvalue weighted by atomic mass is 32.2. The van der Waals surface area contributed by atoms with E-state index in [0.717, 1.165) is 5.56 Å². The summed E-state index contributed by atoms with van der Waals surface area (Å²) in [5.74, 6) is -0.0132. The van der Waals surface area contributed by atoms with E-state index in [1.807, 2.05) is 37.3 Å². The first-order valence-corrected chi connectivity index (χ1v) is 6.74. The van der Waals surface area contributed by atoms with Crippen molar-refractivity contribution in [1.29, 1.82) is 0 Å². The summed E-state index contributed by atoms with van der Waals surface area (Å²) >= 11 is 0. The fourth-order valence-electron chi connectivity index (χ4n) is 1.33. The van der Waals surface area contributed by atoms with Crippen LogP contribution in [0.4, 0.5) is 0 Å². The predicted molar refractivity (Wildman–Crippen MR) is 63.7 cm³/mol. The van der Waals surface area contributed by atoms with E-state index in [4.69, 9.17) is 4.74 Å². The molecule has 0 aromatic heterocycles. The van der Waals surface area contributed by atoms with Crippen molar-refractivity contribution in [3.8, 4) is 0 Å². The van der Waals surface area contributed by atoms with Gasteiger partial charge in [0, 0.05) is 13.2 Å². The molecule has 1 rings (SSSR count). The summed E-state index contributed by atoms with van der Waals surface area (Å²) in [6.45, 7) is 2.02. The minimum absolute atomic E-state index is 0.0132. The molecule has 16 heavy (non-hydrogen) atoms.